The van der Waals surface area contributed by atoms with Crippen molar-refractivity contribution in [3.8, 4) is 17.0 Å². The first-order valence-corrected chi connectivity index (χ1v) is 14.5. The molecule has 0 saturated carbocycles. The average Bonchev–Trinajstić information content (AvgIpc) is 3.29. The molecule has 2 aromatic carbocycles. The lowest BCUT2D eigenvalue weighted by Crippen LogP contribution is -2.35. The van der Waals surface area contributed by atoms with Crippen LogP contribution in [0.2, 0.25) is 5.02 Å². The largest absolute Gasteiger partial charge is 0.494 e. The minimum atomic E-state index is -2.08. The molecule has 36 heavy (non-hydrogen) atoms. The molecule has 0 spiro atoms. The van der Waals surface area contributed by atoms with Crippen LogP contribution in [0.15, 0.2) is 59.2 Å². The second-order valence-electron chi connectivity index (χ2n) is 9.15. The van der Waals surface area contributed by atoms with Gasteiger partial charge in [0.05, 0.1) is 35.8 Å². The zero-order chi connectivity index (χ0) is 25.3. The number of nitrogens with one attached hydrogen (secondary N) is 2. The summed E-state index contributed by atoms with van der Waals surface area (Å²) in [5.74, 6) is 1.12. The van der Waals surface area contributed by atoms with Crippen LogP contribution < -0.4 is 15.0 Å². The number of methoxy groups -OCH3 is 1. The van der Waals surface area contributed by atoms with E-state index in [0.717, 1.165) is 53.8 Å². The first-order valence-electron chi connectivity index (χ1n) is 11.8. The predicted octanol–water partition coefficient (Wildman–Crippen LogP) is 5.73. The predicted molar refractivity (Wildman–Crippen MR) is 148 cm³/mol. The average molecular weight is 525 g/mol. The summed E-state index contributed by atoms with van der Waals surface area (Å²) in [4.78, 5) is 14.7. The summed E-state index contributed by atoms with van der Waals surface area (Å²) in [5, 5.41) is 4.80. The van der Waals surface area contributed by atoms with E-state index in [1.54, 1.807) is 25.8 Å². The van der Waals surface area contributed by atoms with Crippen LogP contribution in [0.3, 0.4) is 0 Å². The molecule has 1 fully saturated rings. The molecular weight excluding hydrogens is 496 g/mol. The van der Waals surface area contributed by atoms with E-state index >= 15 is 0 Å². The van der Waals surface area contributed by atoms with Gasteiger partial charge in [-0.05, 0) is 31.0 Å². The van der Waals surface area contributed by atoms with Crippen LogP contribution in [0.4, 0.5) is 17.3 Å². The lowest BCUT2D eigenvalue weighted by atomic mass is 10.1. The highest BCUT2D eigenvalue weighted by molar-refractivity contribution is 7.92. The molecule has 0 unspecified atom stereocenters. The normalized spacial score (nSPS) is 14.7. The number of para-hydroxylation sites is 1. The van der Waals surface area contributed by atoms with Crippen LogP contribution in [-0.4, -0.2) is 57.9 Å². The lowest BCUT2D eigenvalue weighted by molar-refractivity contribution is 0.416. The second-order valence-corrected chi connectivity index (χ2v) is 12.1. The number of halogens is 1. The molecule has 0 radical (unpaired) electrons. The molecule has 8 nitrogen and oxygen atoms in total. The van der Waals surface area contributed by atoms with Crippen molar-refractivity contribution >= 4 is 49.6 Å². The Morgan fingerprint density at radius 3 is 2.72 bits per heavy atom. The Hall–Kier alpha value is -3.30. The Labute approximate surface area is 216 Å². The number of anilines is 3. The number of rotatable bonds is 6. The number of fused-ring (bicyclic) bond motifs is 1. The lowest BCUT2D eigenvalue weighted by Gasteiger charge is -2.32. The maximum absolute atomic E-state index is 12.0. The van der Waals surface area contributed by atoms with E-state index in [1.165, 1.54) is 0 Å². The SMILES string of the molecule is COc1cc(N2CCC(N=S(C)(C)=O)CC2)ccc1Nc1ncc(Cl)c(-c2c[nH]c3ccccc23)n1. The summed E-state index contributed by atoms with van der Waals surface area (Å²) >= 11 is 6.48. The Bertz CT molecular complexity index is 1510. The van der Waals surface area contributed by atoms with Crippen molar-refractivity contribution in [2.24, 2.45) is 4.36 Å². The van der Waals surface area contributed by atoms with Crippen molar-refractivity contribution in [3.63, 3.8) is 0 Å². The summed E-state index contributed by atoms with van der Waals surface area (Å²) in [6, 6.07) is 14.2. The van der Waals surface area contributed by atoms with Gasteiger partial charge in [-0.3, -0.25) is 4.21 Å². The summed E-state index contributed by atoms with van der Waals surface area (Å²) < 4.78 is 22.2. The first kappa shape index (κ1) is 24.4. The van der Waals surface area contributed by atoms with Gasteiger partial charge in [-0.1, -0.05) is 29.8 Å². The molecule has 4 aromatic rings. The van der Waals surface area contributed by atoms with Crippen molar-refractivity contribution in [1.82, 2.24) is 15.0 Å². The fourth-order valence-corrected chi connectivity index (χ4v) is 5.69. The number of ether oxygens (including phenoxy) is 1. The molecule has 1 aliphatic heterocycles. The Balaban J connectivity index is 1.36. The Kier molecular flexibility index (Phi) is 6.77. The molecule has 3 heterocycles. The maximum Gasteiger partial charge on any atom is 0.227 e. The minimum absolute atomic E-state index is 0.153. The smallest absolute Gasteiger partial charge is 0.227 e. The van der Waals surface area contributed by atoms with E-state index in [4.69, 9.17) is 21.3 Å². The van der Waals surface area contributed by atoms with Gasteiger partial charge in [0, 0.05) is 69.7 Å². The van der Waals surface area contributed by atoms with Gasteiger partial charge in [-0.15, -0.1) is 0 Å². The zero-order valence-electron chi connectivity index (χ0n) is 20.5. The summed E-state index contributed by atoms with van der Waals surface area (Å²) in [5.41, 5.74) is 4.42. The molecular formula is C26H29ClN6O2S. The van der Waals surface area contributed by atoms with E-state index in [2.05, 4.69) is 30.6 Å². The molecule has 188 valence electrons. The van der Waals surface area contributed by atoms with Crippen molar-refractivity contribution in [2.45, 2.75) is 18.9 Å². The third-order valence-corrected chi connectivity index (χ3v) is 7.34. The highest BCUT2D eigenvalue weighted by Crippen LogP contribution is 2.35. The Morgan fingerprint density at radius 2 is 1.97 bits per heavy atom. The molecule has 1 saturated heterocycles. The number of aromatic amines is 1. The maximum atomic E-state index is 12.0. The molecule has 5 rings (SSSR count). The van der Waals surface area contributed by atoms with Crippen LogP contribution >= 0.6 is 11.6 Å². The van der Waals surface area contributed by atoms with Crippen LogP contribution in [-0.2, 0) is 9.73 Å². The fraction of sp³-hybridized carbons (Fsp3) is 0.308. The van der Waals surface area contributed by atoms with E-state index < -0.39 is 9.73 Å². The topological polar surface area (TPSA) is 95.5 Å². The molecule has 2 aromatic heterocycles. The van der Waals surface area contributed by atoms with Crippen LogP contribution in [0.25, 0.3) is 22.2 Å². The highest BCUT2D eigenvalue weighted by atomic mass is 35.5. The van der Waals surface area contributed by atoms with Crippen molar-refractivity contribution in [3.05, 3.63) is 59.9 Å². The standard InChI is InChI=1S/C26H29ClN6O2S/c1-35-24-14-18(33-12-10-17(11-13-33)32-36(2,3)34)8-9-23(24)30-26-29-16-21(27)25(31-26)20-15-28-22-7-5-4-6-19(20)22/h4-9,14-17,28H,10-13H2,1-3H3,(H,29,30,31). The van der Waals surface area contributed by atoms with Gasteiger partial charge < -0.3 is 19.9 Å². The van der Waals surface area contributed by atoms with Crippen LogP contribution in [0.1, 0.15) is 12.8 Å². The third-order valence-electron chi connectivity index (χ3n) is 6.25. The quantitative estimate of drug-likeness (QED) is 0.334. The van der Waals surface area contributed by atoms with Gasteiger partial charge in [0.15, 0.2) is 0 Å². The van der Waals surface area contributed by atoms with E-state index in [9.17, 15) is 4.21 Å². The van der Waals surface area contributed by atoms with Gasteiger partial charge in [0.25, 0.3) is 0 Å². The molecule has 2 N–H and O–H groups in total. The van der Waals surface area contributed by atoms with Gasteiger partial charge in [0.2, 0.25) is 5.95 Å². The number of hydrogen-bond donors (Lipinski definition) is 2. The van der Waals surface area contributed by atoms with Crippen LogP contribution in [0, 0.1) is 0 Å². The number of piperidine rings is 1. The molecule has 0 bridgehead atoms. The van der Waals surface area contributed by atoms with Crippen molar-refractivity contribution in [2.75, 3.05) is 42.9 Å². The number of hydrogen-bond acceptors (Lipinski definition) is 7. The summed E-state index contributed by atoms with van der Waals surface area (Å²) in [6.07, 6.45) is 8.68. The molecule has 0 amide bonds. The van der Waals surface area contributed by atoms with Gasteiger partial charge in [-0.25, -0.2) is 14.3 Å². The van der Waals surface area contributed by atoms with Gasteiger partial charge in [-0.2, -0.15) is 0 Å². The fourth-order valence-electron chi connectivity index (χ4n) is 4.57. The number of nitrogens with zero attached hydrogens (tertiary/aromatic N) is 4. The first-order chi connectivity index (χ1) is 17.3. The van der Waals surface area contributed by atoms with Crippen molar-refractivity contribution in [1.29, 1.82) is 0 Å². The second kappa shape index (κ2) is 9.99. The number of H-pyrrole nitrogens is 1. The van der Waals surface area contributed by atoms with E-state index in [-0.39, 0.29) is 6.04 Å². The molecule has 10 heteroatoms. The third kappa shape index (κ3) is 5.27. The number of benzene rings is 2. The van der Waals surface area contributed by atoms with Gasteiger partial charge in [0.1, 0.15) is 5.75 Å². The molecule has 0 atom stereocenters. The van der Waals surface area contributed by atoms with E-state index in [0.29, 0.717) is 22.4 Å². The van der Waals surface area contributed by atoms with E-state index in [1.807, 2.05) is 42.6 Å². The minimum Gasteiger partial charge on any atom is -0.494 e. The molecule has 1 aliphatic rings. The zero-order valence-corrected chi connectivity index (χ0v) is 22.1. The summed E-state index contributed by atoms with van der Waals surface area (Å²) in [7, 11) is -0.429. The monoisotopic (exact) mass is 524 g/mol. The highest BCUT2D eigenvalue weighted by Gasteiger charge is 2.21. The van der Waals surface area contributed by atoms with Crippen LogP contribution in [0.5, 0.6) is 5.75 Å². The Morgan fingerprint density at radius 1 is 1.19 bits per heavy atom. The number of aromatic nitrogens is 3. The molecule has 0 aliphatic carbocycles. The van der Waals surface area contributed by atoms with Crippen molar-refractivity contribution < 1.29 is 8.95 Å². The van der Waals surface area contributed by atoms with Gasteiger partial charge >= 0.3 is 0 Å². The summed E-state index contributed by atoms with van der Waals surface area (Å²) in [6.45, 7) is 1.71.